The zero-order valence-electron chi connectivity index (χ0n) is 21.0. The number of likely N-dealkylation sites (tertiary alicyclic amines) is 1. The van der Waals surface area contributed by atoms with Crippen LogP contribution < -0.4 is 15.4 Å². The number of benzene rings is 2. The Balaban J connectivity index is 1.40. The van der Waals surface area contributed by atoms with Crippen molar-refractivity contribution in [1.82, 2.24) is 14.9 Å². The molecule has 2 heterocycles. The molecule has 1 saturated heterocycles. The fourth-order valence-corrected chi connectivity index (χ4v) is 5.00. The first-order chi connectivity index (χ1) is 17.9. The number of hydrogen-bond acceptors (Lipinski definition) is 6. The number of hydrogen-bond donors (Lipinski definition) is 2. The van der Waals surface area contributed by atoms with Gasteiger partial charge in [-0.05, 0) is 70.2 Å². The highest BCUT2D eigenvalue weighted by Crippen LogP contribution is 2.36. The van der Waals surface area contributed by atoms with Crippen LogP contribution in [0.3, 0.4) is 0 Å². The third-order valence-electron chi connectivity index (χ3n) is 7.24. The molecule has 1 saturated carbocycles. The van der Waals surface area contributed by atoms with E-state index in [1.54, 1.807) is 12.1 Å². The van der Waals surface area contributed by atoms with E-state index in [2.05, 4.69) is 39.3 Å². The number of halogens is 2. The smallest absolute Gasteiger partial charge is 0.248 e. The molecule has 9 heteroatoms. The largest absolute Gasteiger partial charge is 0.488 e. The molecule has 1 aliphatic heterocycles. The van der Waals surface area contributed by atoms with Crippen LogP contribution in [0.5, 0.6) is 5.75 Å². The van der Waals surface area contributed by atoms with Gasteiger partial charge in [-0.1, -0.05) is 17.7 Å². The Morgan fingerprint density at radius 3 is 2.65 bits per heavy atom. The Morgan fingerprint density at radius 2 is 1.95 bits per heavy atom. The van der Waals surface area contributed by atoms with Crippen molar-refractivity contribution in [3.8, 4) is 5.75 Å². The standard InChI is InChI=1S/C28H31ClFN5O2/c1-17-8-9-18(2)35(17)12-4-7-27(36)34-25-14-21-24(15-26(25)37-20-5-3-6-20)31-16-32-28(21)33-19-10-11-23(30)22(29)13-19/h4,7,10-11,13-18,20H,3,5-6,8-9,12H2,1-2H3,(H,34,36)(H,31,32,33)/b7-4+. The van der Waals surface area contributed by atoms with Crippen LogP contribution >= 0.6 is 11.6 Å². The Morgan fingerprint density at radius 1 is 1.16 bits per heavy atom. The van der Waals surface area contributed by atoms with Crippen LogP contribution in [0, 0.1) is 5.82 Å². The Kier molecular flexibility index (Phi) is 7.58. The van der Waals surface area contributed by atoms with Gasteiger partial charge in [0.2, 0.25) is 5.91 Å². The number of rotatable bonds is 8. The number of fused-ring (bicyclic) bond motifs is 1. The molecule has 1 aliphatic carbocycles. The van der Waals surface area contributed by atoms with Gasteiger partial charge in [-0.25, -0.2) is 14.4 Å². The third kappa shape index (κ3) is 5.86. The highest BCUT2D eigenvalue weighted by Gasteiger charge is 2.26. The zero-order chi connectivity index (χ0) is 25.9. The molecule has 2 aromatic carbocycles. The Bertz CT molecular complexity index is 1320. The van der Waals surface area contributed by atoms with E-state index < -0.39 is 5.82 Å². The average molecular weight is 524 g/mol. The van der Waals surface area contributed by atoms with E-state index in [1.165, 1.54) is 31.3 Å². The predicted molar refractivity (Wildman–Crippen MR) is 145 cm³/mol. The lowest BCUT2D eigenvalue weighted by molar-refractivity contribution is -0.112. The van der Waals surface area contributed by atoms with Gasteiger partial charge in [-0.2, -0.15) is 0 Å². The van der Waals surface area contributed by atoms with Crippen LogP contribution in [-0.4, -0.2) is 45.5 Å². The van der Waals surface area contributed by atoms with Gasteiger partial charge < -0.3 is 15.4 Å². The zero-order valence-corrected chi connectivity index (χ0v) is 21.8. The van der Waals surface area contributed by atoms with Crippen molar-refractivity contribution >= 4 is 45.6 Å². The number of carbonyl (C=O) groups is 1. The lowest BCUT2D eigenvalue weighted by atomic mass is 9.96. The summed E-state index contributed by atoms with van der Waals surface area (Å²) in [6.45, 7) is 5.19. The molecule has 5 rings (SSSR count). The quantitative estimate of drug-likeness (QED) is 0.330. The minimum absolute atomic E-state index is 0.0111. The first-order valence-electron chi connectivity index (χ1n) is 12.8. The molecule has 3 aromatic rings. The van der Waals surface area contributed by atoms with Gasteiger partial charge >= 0.3 is 0 Å². The van der Waals surface area contributed by atoms with Gasteiger partial charge in [0.25, 0.3) is 0 Å². The van der Waals surface area contributed by atoms with Crippen molar-refractivity contribution in [1.29, 1.82) is 0 Å². The SMILES string of the molecule is CC1CCC(C)N1C/C=C/C(=O)Nc1cc2c(Nc3ccc(F)c(Cl)c3)ncnc2cc1OC1CCC1. The van der Waals surface area contributed by atoms with E-state index in [1.807, 2.05) is 18.2 Å². The van der Waals surface area contributed by atoms with Crippen LogP contribution in [-0.2, 0) is 4.79 Å². The number of aromatic nitrogens is 2. The Labute approximate surface area is 221 Å². The fraction of sp³-hybridized carbons (Fsp3) is 0.393. The van der Waals surface area contributed by atoms with E-state index in [9.17, 15) is 9.18 Å². The minimum atomic E-state index is -0.496. The van der Waals surface area contributed by atoms with Crippen LogP contribution in [0.4, 0.5) is 21.6 Å². The molecule has 194 valence electrons. The van der Waals surface area contributed by atoms with Gasteiger partial charge in [-0.3, -0.25) is 9.69 Å². The summed E-state index contributed by atoms with van der Waals surface area (Å²) in [6.07, 6.45) is 10.5. The second-order valence-electron chi connectivity index (χ2n) is 9.88. The van der Waals surface area contributed by atoms with E-state index in [0.29, 0.717) is 45.9 Å². The summed E-state index contributed by atoms with van der Waals surface area (Å²) >= 11 is 5.95. The maximum Gasteiger partial charge on any atom is 0.248 e. The molecule has 2 fully saturated rings. The lowest BCUT2D eigenvalue weighted by Crippen LogP contribution is -2.32. The molecule has 1 aromatic heterocycles. The molecular weight excluding hydrogens is 493 g/mol. The van der Waals surface area contributed by atoms with E-state index in [-0.39, 0.29) is 17.0 Å². The summed E-state index contributed by atoms with van der Waals surface area (Å²) < 4.78 is 19.8. The molecular formula is C28H31ClFN5O2. The minimum Gasteiger partial charge on any atom is -0.488 e. The number of nitrogens with one attached hydrogen (secondary N) is 2. The number of anilines is 3. The highest BCUT2D eigenvalue weighted by atomic mass is 35.5. The summed E-state index contributed by atoms with van der Waals surface area (Å²) in [6, 6.07) is 9.05. The van der Waals surface area contributed by atoms with Gasteiger partial charge in [-0.15, -0.1) is 0 Å². The van der Waals surface area contributed by atoms with Crippen LogP contribution in [0.1, 0.15) is 46.0 Å². The van der Waals surface area contributed by atoms with E-state index >= 15 is 0 Å². The van der Waals surface area contributed by atoms with Gasteiger partial charge in [0.15, 0.2) is 0 Å². The Hall–Kier alpha value is -3.23. The van der Waals surface area contributed by atoms with Crippen molar-refractivity contribution < 1.29 is 13.9 Å². The molecule has 7 nitrogen and oxygen atoms in total. The summed E-state index contributed by atoms with van der Waals surface area (Å²) in [5.74, 6) is 0.361. The first-order valence-corrected chi connectivity index (χ1v) is 13.2. The van der Waals surface area contributed by atoms with Crippen molar-refractivity contribution in [3.05, 3.63) is 59.7 Å². The summed E-state index contributed by atoms with van der Waals surface area (Å²) in [7, 11) is 0. The maximum absolute atomic E-state index is 13.6. The van der Waals surface area contributed by atoms with Crippen LogP contribution in [0.15, 0.2) is 48.8 Å². The molecule has 0 spiro atoms. The second-order valence-corrected chi connectivity index (χ2v) is 10.3. The molecule has 2 atom stereocenters. The predicted octanol–water partition coefficient (Wildman–Crippen LogP) is 6.46. The van der Waals surface area contributed by atoms with E-state index in [0.717, 1.165) is 25.8 Å². The number of ether oxygens (including phenoxy) is 1. The maximum atomic E-state index is 13.6. The van der Waals surface area contributed by atoms with Crippen molar-refractivity contribution in [2.24, 2.45) is 0 Å². The number of carbonyl (C=O) groups excluding carboxylic acids is 1. The van der Waals surface area contributed by atoms with Crippen LogP contribution in [0.25, 0.3) is 10.9 Å². The summed E-state index contributed by atoms with van der Waals surface area (Å²) in [5, 5.41) is 6.86. The number of nitrogens with zero attached hydrogens (tertiary/aromatic N) is 3. The average Bonchev–Trinajstić information content (AvgIpc) is 3.16. The topological polar surface area (TPSA) is 79.4 Å². The second kappa shape index (κ2) is 11.0. The molecule has 2 unspecified atom stereocenters. The molecule has 0 radical (unpaired) electrons. The first kappa shape index (κ1) is 25.4. The van der Waals surface area contributed by atoms with Gasteiger partial charge in [0, 0.05) is 41.8 Å². The van der Waals surface area contributed by atoms with Crippen LogP contribution in [0.2, 0.25) is 5.02 Å². The molecule has 2 N–H and O–H groups in total. The molecule has 37 heavy (non-hydrogen) atoms. The van der Waals surface area contributed by atoms with Crippen molar-refractivity contribution in [2.75, 3.05) is 17.2 Å². The summed E-state index contributed by atoms with van der Waals surface area (Å²) in [5.41, 5.74) is 1.79. The van der Waals surface area contributed by atoms with Crippen molar-refractivity contribution in [2.45, 2.75) is 64.1 Å². The third-order valence-corrected chi connectivity index (χ3v) is 7.53. The van der Waals surface area contributed by atoms with Crippen molar-refractivity contribution in [3.63, 3.8) is 0 Å². The van der Waals surface area contributed by atoms with E-state index in [4.69, 9.17) is 16.3 Å². The number of amides is 1. The fourth-order valence-electron chi connectivity index (χ4n) is 4.82. The molecule has 0 bridgehead atoms. The molecule has 1 amide bonds. The normalized spacial score (nSPS) is 20.3. The lowest BCUT2D eigenvalue weighted by Gasteiger charge is -2.27. The summed E-state index contributed by atoms with van der Waals surface area (Å²) in [4.78, 5) is 24.1. The molecule has 2 aliphatic rings. The van der Waals surface area contributed by atoms with Gasteiger partial charge in [0.1, 0.15) is 23.7 Å². The monoisotopic (exact) mass is 523 g/mol. The highest BCUT2D eigenvalue weighted by molar-refractivity contribution is 6.31. The van der Waals surface area contributed by atoms with Gasteiger partial charge in [0.05, 0.1) is 22.3 Å².